The van der Waals surface area contributed by atoms with Gasteiger partial charge in [-0.05, 0) is 24.1 Å². The number of anilines is 1. The summed E-state index contributed by atoms with van der Waals surface area (Å²) < 4.78 is 0. The Labute approximate surface area is 152 Å². The number of hydrogen-bond acceptors (Lipinski definition) is 3. The smallest absolute Gasteiger partial charge is 0.241 e. The molecule has 1 saturated heterocycles. The molecule has 2 amide bonds. The van der Waals surface area contributed by atoms with Crippen LogP contribution in [0.2, 0.25) is 0 Å². The molecule has 4 nitrogen and oxygen atoms in total. The van der Waals surface area contributed by atoms with E-state index in [1.54, 1.807) is 12.1 Å². The molecule has 4 heteroatoms. The second-order valence-electron chi connectivity index (χ2n) is 7.36. The molecular weight excluding hydrogens is 326 g/mol. The molecule has 132 valence electrons. The lowest BCUT2D eigenvalue weighted by Crippen LogP contribution is -2.34. The lowest BCUT2D eigenvalue weighted by molar-refractivity contribution is -0.122. The first-order valence-corrected chi connectivity index (χ1v) is 8.86. The van der Waals surface area contributed by atoms with Gasteiger partial charge < -0.3 is 5.11 Å². The highest BCUT2D eigenvalue weighted by Crippen LogP contribution is 2.49. The zero-order valence-corrected chi connectivity index (χ0v) is 14.6. The monoisotopic (exact) mass is 347 g/mol. The van der Waals surface area contributed by atoms with Crippen LogP contribution < -0.4 is 4.90 Å². The molecule has 1 fully saturated rings. The van der Waals surface area contributed by atoms with Crippen molar-refractivity contribution in [2.75, 3.05) is 4.90 Å². The molecule has 0 saturated carbocycles. The molecule has 1 N–H and O–H groups in total. The third kappa shape index (κ3) is 2.58. The zero-order chi connectivity index (χ0) is 18.3. The van der Waals surface area contributed by atoms with Crippen LogP contribution in [-0.4, -0.2) is 16.9 Å². The van der Waals surface area contributed by atoms with Gasteiger partial charge in [-0.2, -0.15) is 0 Å². The van der Waals surface area contributed by atoms with Gasteiger partial charge in [0.25, 0.3) is 0 Å². The van der Waals surface area contributed by atoms with Crippen molar-refractivity contribution >= 4 is 17.5 Å². The van der Waals surface area contributed by atoms with Gasteiger partial charge in [0, 0.05) is 5.41 Å². The lowest BCUT2D eigenvalue weighted by Gasteiger charge is -2.37. The Morgan fingerprint density at radius 3 is 2.27 bits per heavy atom. The SMILES string of the molecule is C[C@]1(C(O)c2ccccc2)C=C[C@H]2C(=O)N(c3ccccc3)C(=O)[C@H]2C1. The van der Waals surface area contributed by atoms with E-state index in [1.165, 1.54) is 4.90 Å². The van der Waals surface area contributed by atoms with E-state index >= 15 is 0 Å². The van der Waals surface area contributed by atoms with Crippen LogP contribution in [0, 0.1) is 17.3 Å². The van der Waals surface area contributed by atoms with Crippen LogP contribution in [0.1, 0.15) is 25.0 Å². The molecule has 1 heterocycles. The van der Waals surface area contributed by atoms with Crippen LogP contribution in [0.15, 0.2) is 72.8 Å². The third-order valence-electron chi connectivity index (χ3n) is 5.58. The molecule has 0 aromatic heterocycles. The van der Waals surface area contributed by atoms with Crippen LogP contribution in [0.5, 0.6) is 0 Å². The molecule has 2 aromatic carbocycles. The second kappa shape index (κ2) is 6.22. The number of carbonyl (C=O) groups excluding carboxylic acids is 2. The fourth-order valence-corrected chi connectivity index (χ4v) is 4.10. The highest BCUT2D eigenvalue weighted by Gasteiger charge is 2.52. The van der Waals surface area contributed by atoms with E-state index in [0.29, 0.717) is 12.1 Å². The van der Waals surface area contributed by atoms with Crippen molar-refractivity contribution < 1.29 is 14.7 Å². The molecule has 0 bridgehead atoms. The van der Waals surface area contributed by atoms with Crippen LogP contribution >= 0.6 is 0 Å². The van der Waals surface area contributed by atoms with Gasteiger partial charge >= 0.3 is 0 Å². The summed E-state index contributed by atoms with van der Waals surface area (Å²) >= 11 is 0. The van der Waals surface area contributed by atoms with Crippen molar-refractivity contribution in [2.45, 2.75) is 19.4 Å². The van der Waals surface area contributed by atoms with Gasteiger partial charge in [0.05, 0.1) is 23.6 Å². The first kappa shape index (κ1) is 16.7. The molecule has 26 heavy (non-hydrogen) atoms. The number of aliphatic hydroxyl groups is 1. The van der Waals surface area contributed by atoms with E-state index in [4.69, 9.17) is 0 Å². The largest absolute Gasteiger partial charge is 0.388 e. The number of imide groups is 1. The maximum atomic E-state index is 13.0. The average Bonchev–Trinajstić information content (AvgIpc) is 2.92. The number of para-hydroxylation sites is 1. The quantitative estimate of drug-likeness (QED) is 0.683. The van der Waals surface area contributed by atoms with Gasteiger partial charge in [-0.15, -0.1) is 0 Å². The van der Waals surface area contributed by atoms with Gasteiger partial charge in [-0.1, -0.05) is 67.6 Å². The fraction of sp³-hybridized carbons (Fsp3) is 0.273. The maximum absolute atomic E-state index is 13.0. The Kier molecular flexibility index (Phi) is 4.00. The number of carbonyl (C=O) groups is 2. The van der Waals surface area contributed by atoms with Crippen molar-refractivity contribution in [1.82, 2.24) is 0 Å². The summed E-state index contributed by atoms with van der Waals surface area (Å²) in [7, 11) is 0. The molecule has 0 spiro atoms. The molecule has 4 rings (SSSR count). The Balaban J connectivity index is 1.64. The zero-order valence-electron chi connectivity index (χ0n) is 14.6. The topological polar surface area (TPSA) is 57.6 Å². The Hall–Kier alpha value is -2.72. The van der Waals surface area contributed by atoms with Gasteiger partial charge in [-0.3, -0.25) is 9.59 Å². The summed E-state index contributed by atoms with van der Waals surface area (Å²) in [5, 5.41) is 10.9. The first-order chi connectivity index (χ1) is 12.5. The first-order valence-electron chi connectivity index (χ1n) is 8.86. The molecule has 1 aliphatic carbocycles. The minimum absolute atomic E-state index is 0.179. The molecule has 4 atom stereocenters. The van der Waals surface area contributed by atoms with Gasteiger partial charge in [-0.25, -0.2) is 4.90 Å². The summed E-state index contributed by atoms with van der Waals surface area (Å²) in [5.74, 6) is -1.24. The number of hydrogen-bond donors (Lipinski definition) is 1. The number of benzene rings is 2. The number of fused-ring (bicyclic) bond motifs is 1. The summed E-state index contributed by atoms with van der Waals surface area (Å²) in [6.45, 7) is 1.94. The van der Waals surface area contributed by atoms with E-state index in [2.05, 4.69) is 0 Å². The van der Waals surface area contributed by atoms with Crippen molar-refractivity contribution in [1.29, 1.82) is 0 Å². The summed E-state index contributed by atoms with van der Waals surface area (Å²) in [5.41, 5.74) is 0.830. The summed E-state index contributed by atoms with van der Waals surface area (Å²) in [6.07, 6.45) is 3.43. The van der Waals surface area contributed by atoms with E-state index in [9.17, 15) is 14.7 Å². The third-order valence-corrected chi connectivity index (χ3v) is 5.58. The molecule has 1 unspecified atom stereocenters. The Morgan fingerprint density at radius 2 is 1.62 bits per heavy atom. The number of amides is 2. The second-order valence-corrected chi connectivity index (χ2v) is 7.36. The maximum Gasteiger partial charge on any atom is 0.241 e. The highest BCUT2D eigenvalue weighted by atomic mass is 16.3. The molecular formula is C22H21NO3. The van der Waals surface area contributed by atoms with E-state index in [1.807, 2.05) is 67.6 Å². The van der Waals surface area contributed by atoms with Crippen molar-refractivity contribution in [3.8, 4) is 0 Å². The standard InChI is InChI=1S/C22H21NO3/c1-22(19(24)15-8-4-2-5-9-15)13-12-17-18(14-22)21(26)23(20(17)25)16-10-6-3-7-11-16/h2-13,17-19,24H,14H2,1H3/t17-,18+,19?,22+/m1/s1. The average molecular weight is 347 g/mol. The normalized spacial score (nSPS) is 28.9. The van der Waals surface area contributed by atoms with Crippen LogP contribution in [0.4, 0.5) is 5.69 Å². The Morgan fingerprint density at radius 1 is 1.00 bits per heavy atom. The predicted molar refractivity (Wildman–Crippen MR) is 99.2 cm³/mol. The lowest BCUT2D eigenvalue weighted by atomic mass is 9.67. The molecule has 2 aliphatic rings. The van der Waals surface area contributed by atoms with E-state index in [0.717, 1.165) is 5.56 Å². The molecule has 0 radical (unpaired) electrons. The highest BCUT2D eigenvalue weighted by molar-refractivity contribution is 6.22. The van der Waals surface area contributed by atoms with E-state index in [-0.39, 0.29) is 11.8 Å². The number of aliphatic hydroxyl groups excluding tert-OH is 1. The summed E-state index contributed by atoms with van der Waals surface area (Å²) in [6, 6.07) is 18.5. The minimum Gasteiger partial charge on any atom is -0.388 e. The molecule has 2 aromatic rings. The van der Waals surface area contributed by atoms with Crippen LogP contribution in [0.3, 0.4) is 0 Å². The van der Waals surface area contributed by atoms with E-state index < -0.39 is 23.4 Å². The minimum atomic E-state index is -0.727. The van der Waals surface area contributed by atoms with Crippen molar-refractivity contribution in [3.05, 3.63) is 78.4 Å². The summed E-state index contributed by atoms with van der Waals surface area (Å²) in [4.78, 5) is 27.1. The number of rotatable bonds is 3. The van der Waals surface area contributed by atoms with Crippen LogP contribution in [0.25, 0.3) is 0 Å². The van der Waals surface area contributed by atoms with Gasteiger partial charge in [0.2, 0.25) is 11.8 Å². The van der Waals surface area contributed by atoms with Gasteiger partial charge in [0.15, 0.2) is 0 Å². The van der Waals surface area contributed by atoms with Crippen LogP contribution in [-0.2, 0) is 9.59 Å². The van der Waals surface area contributed by atoms with Crippen molar-refractivity contribution in [2.24, 2.45) is 17.3 Å². The van der Waals surface area contributed by atoms with Gasteiger partial charge in [0.1, 0.15) is 0 Å². The predicted octanol–water partition coefficient (Wildman–Crippen LogP) is 3.49. The number of nitrogens with zero attached hydrogens (tertiary/aromatic N) is 1. The Bertz CT molecular complexity index is 861. The molecule has 1 aliphatic heterocycles. The fourth-order valence-electron chi connectivity index (χ4n) is 4.10. The van der Waals surface area contributed by atoms with Crippen molar-refractivity contribution in [3.63, 3.8) is 0 Å².